The van der Waals surface area contributed by atoms with Crippen molar-refractivity contribution in [2.75, 3.05) is 23.7 Å². The summed E-state index contributed by atoms with van der Waals surface area (Å²) in [7, 11) is 0. The van der Waals surface area contributed by atoms with E-state index in [1.165, 1.54) is 10.1 Å². The number of carbonyl (C=O) groups is 1. The first-order chi connectivity index (χ1) is 15.9. The standard InChI is InChI=1S/C25H31N5O3/c1-3-29(17-21(31)27-18(2)14-15-19-10-6-4-7-11-19)22-23(26)30(25(33)28-24(22)32)16-20-12-8-5-9-13-20/h4-13,18H,3,14-17,26H2,1-2H3,(H,27,31)(H,28,32,33). The maximum Gasteiger partial charge on any atom is 0.330 e. The van der Waals surface area contributed by atoms with Gasteiger partial charge in [0.1, 0.15) is 11.5 Å². The third-order valence-electron chi connectivity index (χ3n) is 5.55. The molecule has 8 heteroatoms. The molecule has 0 spiro atoms. The number of nitrogens with two attached hydrogens (primary N) is 1. The van der Waals surface area contributed by atoms with E-state index in [9.17, 15) is 14.4 Å². The molecule has 1 aromatic heterocycles. The van der Waals surface area contributed by atoms with Gasteiger partial charge in [-0.2, -0.15) is 0 Å². The van der Waals surface area contributed by atoms with Gasteiger partial charge in [0, 0.05) is 12.6 Å². The van der Waals surface area contributed by atoms with Gasteiger partial charge in [0.25, 0.3) is 5.56 Å². The second-order valence-corrected chi connectivity index (χ2v) is 8.07. The van der Waals surface area contributed by atoms with Crippen LogP contribution in [0.2, 0.25) is 0 Å². The Balaban J connectivity index is 1.71. The minimum atomic E-state index is -0.603. The summed E-state index contributed by atoms with van der Waals surface area (Å²) < 4.78 is 1.31. The number of carbonyl (C=O) groups excluding carboxylic acids is 1. The molecular formula is C25H31N5O3. The molecule has 3 rings (SSSR count). The maximum atomic E-state index is 12.7. The molecule has 1 atom stereocenters. The number of likely N-dealkylation sites (N-methyl/N-ethyl adjacent to an activating group) is 1. The molecule has 0 aliphatic rings. The van der Waals surface area contributed by atoms with E-state index in [1.807, 2.05) is 62.4 Å². The quantitative estimate of drug-likeness (QED) is 0.439. The van der Waals surface area contributed by atoms with Crippen LogP contribution in [0.3, 0.4) is 0 Å². The summed E-state index contributed by atoms with van der Waals surface area (Å²) in [6.07, 6.45) is 1.66. The Morgan fingerprint density at radius 1 is 1.06 bits per heavy atom. The summed E-state index contributed by atoms with van der Waals surface area (Å²) in [4.78, 5) is 41.6. The average molecular weight is 450 g/mol. The minimum absolute atomic E-state index is 0.0286. The Kier molecular flexibility index (Phi) is 8.07. The van der Waals surface area contributed by atoms with E-state index in [4.69, 9.17) is 5.73 Å². The molecule has 0 fully saturated rings. The maximum absolute atomic E-state index is 12.7. The Hall–Kier alpha value is -3.81. The van der Waals surface area contributed by atoms with E-state index in [0.717, 1.165) is 18.4 Å². The fourth-order valence-electron chi connectivity index (χ4n) is 3.75. The largest absolute Gasteiger partial charge is 0.383 e. The summed E-state index contributed by atoms with van der Waals surface area (Å²) in [6, 6.07) is 19.4. The molecule has 174 valence electrons. The first-order valence-electron chi connectivity index (χ1n) is 11.1. The Bertz CT molecular complexity index is 1170. The van der Waals surface area contributed by atoms with E-state index < -0.39 is 11.2 Å². The number of nitrogens with zero attached hydrogens (tertiary/aromatic N) is 2. The molecule has 2 aromatic carbocycles. The molecule has 4 N–H and O–H groups in total. The number of benzene rings is 2. The van der Waals surface area contributed by atoms with Crippen LogP contribution in [0.1, 0.15) is 31.4 Å². The number of anilines is 2. The summed E-state index contributed by atoms with van der Waals surface area (Å²) in [5, 5.41) is 2.99. The van der Waals surface area contributed by atoms with Gasteiger partial charge in [0.05, 0.1) is 13.1 Å². The Labute approximate surface area is 193 Å². The number of amides is 1. The lowest BCUT2D eigenvalue weighted by Crippen LogP contribution is -2.44. The number of H-pyrrole nitrogens is 1. The van der Waals surface area contributed by atoms with Gasteiger partial charge >= 0.3 is 5.69 Å². The van der Waals surface area contributed by atoms with E-state index in [-0.39, 0.29) is 36.5 Å². The number of hydrogen-bond acceptors (Lipinski definition) is 5. The molecule has 0 aliphatic carbocycles. The predicted octanol–water partition coefficient (Wildman–Crippen LogP) is 2.13. The zero-order chi connectivity index (χ0) is 23.8. The molecule has 8 nitrogen and oxygen atoms in total. The van der Waals surface area contributed by atoms with Crippen molar-refractivity contribution in [3.8, 4) is 0 Å². The highest BCUT2D eigenvalue weighted by Crippen LogP contribution is 2.17. The van der Waals surface area contributed by atoms with Crippen LogP contribution < -0.4 is 27.2 Å². The lowest BCUT2D eigenvalue weighted by atomic mass is 10.1. The molecule has 1 heterocycles. The second kappa shape index (κ2) is 11.2. The molecular weight excluding hydrogens is 418 g/mol. The summed E-state index contributed by atoms with van der Waals surface area (Å²) in [5.41, 5.74) is 7.30. The van der Waals surface area contributed by atoms with Crippen LogP contribution in [-0.4, -0.2) is 34.6 Å². The second-order valence-electron chi connectivity index (χ2n) is 8.07. The normalized spacial score (nSPS) is 11.7. The van der Waals surface area contributed by atoms with Gasteiger partial charge in [-0.3, -0.25) is 19.1 Å². The highest BCUT2D eigenvalue weighted by molar-refractivity contribution is 5.82. The van der Waals surface area contributed by atoms with Crippen LogP contribution in [0.5, 0.6) is 0 Å². The van der Waals surface area contributed by atoms with Crippen molar-refractivity contribution < 1.29 is 4.79 Å². The van der Waals surface area contributed by atoms with E-state index in [1.54, 1.807) is 4.90 Å². The van der Waals surface area contributed by atoms with E-state index >= 15 is 0 Å². The van der Waals surface area contributed by atoms with Crippen LogP contribution in [0.15, 0.2) is 70.3 Å². The van der Waals surface area contributed by atoms with Crippen LogP contribution >= 0.6 is 0 Å². The molecule has 0 aliphatic heterocycles. The first kappa shape index (κ1) is 23.8. The van der Waals surface area contributed by atoms with Crippen molar-refractivity contribution in [3.05, 3.63) is 92.6 Å². The molecule has 0 bridgehead atoms. The summed E-state index contributed by atoms with van der Waals surface area (Å²) >= 11 is 0. The van der Waals surface area contributed by atoms with Gasteiger partial charge in [-0.25, -0.2) is 4.79 Å². The zero-order valence-corrected chi connectivity index (χ0v) is 19.1. The molecule has 33 heavy (non-hydrogen) atoms. The lowest BCUT2D eigenvalue weighted by molar-refractivity contribution is -0.120. The van der Waals surface area contributed by atoms with Gasteiger partial charge in [-0.1, -0.05) is 60.7 Å². The summed E-state index contributed by atoms with van der Waals surface area (Å²) in [6.45, 7) is 4.34. The summed E-state index contributed by atoms with van der Waals surface area (Å²) in [5.74, 6) is -0.170. The number of aromatic nitrogens is 2. The van der Waals surface area contributed by atoms with E-state index in [2.05, 4.69) is 22.4 Å². The van der Waals surface area contributed by atoms with Crippen molar-refractivity contribution in [1.82, 2.24) is 14.9 Å². The van der Waals surface area contributed by atoms with Gasteiger partial charge in [0.15, 0.2) is 0 Å². The predicted molar refractivity (Wildman–Crippen MR) is 132 cm³/mol. The SMILES string of the molecule is CCN(CC(=O)NC(C)CCc1ccccc1)c1c(N)n(Cc2ccccc2)c(=O)[nH]c1=O. The molecule has 3 aromatic rings. The number of nitrogens with one attached hydrogen (secondary N) is 2. The van der Waals surface area contributed by atoms with Crippen LogP contribution in [0.4, 0.5) is 11.5 Å². The minimum Gasteiger partial charge on any atom is -0.383 e. The first-order valence-corrected chi connectivity index (χ1v) is 11.1. The van der Waals surface area contributed by atoms with Crippen molar-refractivity contribution in [3.63, 3.8) is 0 Å². The van der Waals surface area contributed by atoms with Crippen molar-refractivity contribution in [2.45, 2.75) is 39.3 Å². The smallest absolute Gasteiger partial charge is 0.330 e. The fourth-order valence-corrected chi connectivity index (χ4v) is 3.75. The van der Waals surface area contributed by atoms with Gasteiger partial charge in [-0.05, 0) is 37.8 Å². The fraction of sp³-hybridized carbons (Fsp3) is 0.320. The zero-order valence-electron chi connectivity index (χ0n) is 19.1. The van der Waals surface area contributed by atoms with Crippen molar-refractivity contribution in [2.24, 2.45) is 0 Å². The third kappa shape index (κ3) is 6.35. The van der Waals surface area contributed by atoms with Crippen LogP contribution in [0.25, 0.3) is 0 Å². The number of aromatic amines is 1. The van der Waals surface area contributed by atoms with E-state index in [0.29, 0.717) is 6.54 Å². The van der Waals surface area contributed by atoms with Gasteiger partial charge in [0.2, 0.25) is 5.91 Å². The van der Waals surface area contributed by atoms with Gasteiger partial charge in [-0.15, -0.1) is 0 Å². The number of nitrogen functional groups attached to an aromatic ring is 1. The topological polar surface area (TPSA) is 113 Å². The highest BCUT2D eigenvalue weighted by atomic mass is 16.2. The average Bonchev–Trinajstić information content (AvgIpc) is 2.81. The highest BCUT2D eigenvalue weighted by Gasteiger charge is 2.20. The van der Waals surface area contributed by atoms with Crippen LogP contribution in [0, 0.1) is 0 Å². The molecule has 0 saturated heterocycles. The Morgan fingerprint density at radius 3 is 2.27 bits per heavy atom. The molecule has 1 amide bonds. The molecule has 0 radical (unpaired) electrons. The molecule has 1 unspecified atom stereocenters. The monoisotopic (exact) mass is 449 g/mol. The van der Waals surface area contributed by atoms with Gasteiger partial charge < -0.3 is 16.0 Å². The third-order valence-corrected chi connectivity index (χ3v) is 5.55. The number of rotatable bonds is 10. The van der Waals surface area contributed by atoms with Crippen molar-refractivity contribution in [1.29, 1.82) is 0 Å². The Morgan fingerprint density at radius 2 is 1.67 bits per heavy atom. The number of aryl methyl sites for hydroxylation is 1. The van der Waals surface area contributed by atoms with Crippen LogP contribution in [-0.2, 0) is 17.8 Å². The number of hydrogen-bond donors (Lipinski definition) is 3. The lowest BCUT2D eigenvalue weighted by Gasteiger charge is -2.25. The van der Waals surface area contributed by atoms with Crippen molar-refractivity contribution >= 4 is 17.4 Å². The molecule has 0 saturated carbocycles.